The van der Waals surface area contributed by atoms with E-state index in [1.165, 1.54) is 24.1 Å². The van der Waals surface area contributed by atoms with Gasteiger partial charge in [-0.25, -0.2) is 15.0 Å². The number of hydrogen-bond donors (Lipinski definition) is 1. The zero-order chi connectivity index (χ0) is 24.1. The van der Waals surface area contributed by atoms with Crippen LogP contribution in [0, 0.1) is 5.92 Å². The molecule has 1 N–H and O–H groups in total. The highest BCUT2D eigenvalue weighted by Crippen LogP contribution is 2.39. The molecule has 0 unspecified atom stereocenters. The Balaban J connectivity index is 1.69. The number of carbonyl (C=O) groups is 3. The SMILES string of the molecule is CC(=O)O[C@@H]1[C@H](CC=O)[C@@H](CN=[N+]=[N-])O[C@H]1n1cnc2c(NC(=O)c3ccccc3)ncnc21. The van der Waals surface area contributed by atoms with Crippen LogP contribution in [0.2, 0.25) is 0 Å². The Bertz CT molecular complexity index is 1260. The van der Waals surface area contributed by atoms with Gasteiger partial charge in [0.15, 0.2) is 29.3 Å². The molecule has 4 rings (SSSR count). The summed E-state index contributed by atoms with van der Waals surface area (Å²) in [4.78, 5) is 51.2. The Labute approximate surface area is 192 Å². The summed E-state index contributed by atoms with van der Waals surface area (Å²) in [5, 5.41) is 6.28. The molecule has 1 fully saturated rings. The molecule has 0 spiro atoms. The van der Waals surface area contributed by atoms with Crippen molar-refractivity contribution in [3.63, 3.8) is 0 Å². The summed E-state index contributed by atoms with van der Waals surface area (Å²) in [6, 6.07) is 8.62. The van der Waals surface area contributed by atoms with Gasteiger partial charge in [-0.05, 0) is 17.7 Å². The molecule has 1 aliphatic rings. The molecule has 1 aromatic carbocycles. The highest BCUT2D eigenvalue weighted by atomic mass is 16.6. The maximum absolute atomic E-state index is 12.6. The second kappa shape index (κ2) is 10.1. The molecule has 1 amide bonds. The predicted octanol–water partition coefficient (Wildman–Crippen LogP) is 2.42. The predicted molar refractivity (Wildman–Crippen MR) is 117 cm³/mol. The number of carbonyl (C=O) groups excluding carboxylic acids is 3. The lowest BCUT2D eigenvalue weighted by Gasteiger charge is -2.23. The first-order valence-electron chi connectivity index (χ1n) is 10.3. The van der Waals surface area contributed by atoms with Gasteiger partial charge in [-0.3, -0.25) is 14.2 Å². The van der Waals surface area contributed by atoms with E-state index < -0.39 is 30.3 Å². The summed E-state index contributed by atoms with van der Waals surface area (Å²) < 4.78 is 13.1. The Hall–Kier alpha value is -4.35. The number of amides is 1. The van der Waals surface area contributed by atoms with Crippen molar-refractivity contribution in [2.24, 2.45) is 11.0 Å². The van der Waals surface area contributed by atoms with Crippen LogP contribution in [0.15, 0.2) is 48.1 Å². The van der Waals surface area contributed by atoms with Crippen LogP contribution in [0.5, 0.6) is 0 Å². The van der Waals surface area contributed by atoms with Crippen LogP contribution in [0.1, 0.15) is 29.9 Å². The molecule has 13 nitrogen and oxygen atoms in total. The molecule has 0 saturated carbocycles. The first kappa shape index (κ1) is 22.8. The minimum absolute atomic E-state index is 0.0278. The summed E-state index contributed by atoms with van der Waals surface area (Å²) >= 11 is 0. The highest BCUT2D eigenvalue weighted by molar-refractivity contribution is 6.06. The van der Waals surface area contributed by atoms with Crippen molar-refractivity contribution in [1.82, 2.24) is 19.5 Å². The van der Waals surface area contributed by atoms with Gasteiger partial charge in [0.2, 0.25) is 0 Å². The van der Waals surface area contributed by atoms with Crippen molar-refractivity contribution in [3.8, 4) is 0 Å². The average Bonchev–Trinajstić information content (AvgIpc) is 3.40. The number of benzene rings is 1. The van der Waals surface area contributed by atoms with E-state index in [0.29, 0.717) is 23.0 Å². The van der Waals surface area contributed by atoms with Crippen molar-refractivity contribution < 1.29 is 23.9 Å². The molecular weight excluding hydrogens is 444 g/mol. The molecule has 0 bridgehead atoms. The van der Waals surface area contributed by atoms with Crippen molar-refractivity contribution in [2.75, 3.05) is 11.9 Å². The molecule has 3 aromatic rings. The standard InChI is InChI=1S/C21H20N8O5/c1-12(31)33-17-14(7-8-30)15(9-26-28-22)34-21(17)29-11-25-16-18(23-10-24-19(16)29)27-20(32)13-5-3-2-4-6-13/h2-6,8,10-11,14-15,17,21H,7,9H2,1H3,(H,23,24,27,32)/t14-,15-,17-,21-/m1/s1. The molecule has 174 valence electrons. The minimum atomic E-state index is -0.898. The monoisotopic (exact) mass is 464 g/mol. The molecule has 13 heteroatoms. The highest BCUT2D eigenvalue weighted by Gasteiger charge is 2.47. The van der Waals surface area contributed by atoms with Gasteiger partial charge in [0.1, 0.15) is 12.6 Å². The van der Waals surface area contributed by atoms with E-state index in [1.54, 1.807) is 30.3 Å². The Morgan fingerprint density at radius 1 is 1.29 bits per heavy atom. The number of fused-ring (bicyclic) bond motifs is 1. The van der Waals surface area contributed by atoms with Crippen LogP contribution in [-0.2, 0) is 19.1 Å². The van der Waals surface area contributed by atoms with Gasteiger partial charge in [-0.1, -0.05) is 23.3 Å². The maximum atomic E-state index is 12.6. The number of nitrogens with one attached hydrogen (secondary N) is 1. The third-order valence-corrected chi connectivity index (χ3v) is 5.39. The van der Waals surface area contributed by atoms with E-state index >= 15 is 0 Å². The molecular formula is C21H20N8O5. The van der Waals surface area contributed by atoms with Gasteiger partial charge in [0, 0.05) is 29.7 Å². The average molecular weight is 464 g/mol. The van der Waals surface area contributed by atoms with Crippen LogP contribution in [0.4, 0.5) is 5.82 Å². The smallest absolute Gasteiger partial charge is 0.303 e. The zero-order valence-corrected chi connectivity index (χ0v) is 18.0. The van der Waals surface area contributed by atoms with Gasteiger partial charge >= 0.3 is 5.97 Å². The maximum Gasteiger partial charge on any atom is 0.303 e. The van der Waals surface area contributed by atoms with Gasteiger partial charge < -0.3 is 19.6 Å². The van der Waals surface area contributed by atoms with Gasteiger partial charge in [-0.2, -0.15) is 0 Å². The fraction of sp³-hybridized carbons (Fsp3) is 0.333. The summed E-state index contributed by atoms with van der Waals surface area (Å²) in [6.45, 7) is 1.20. The van der Waals surface area contributed by atoms with Gasteiger partial charge in [-0.15, -0.1) is 0 Å². The Morgan fingerprint density at radius 3 is 2.79 bits per heavy atom. The Kier molecular flexibility index (Phi) is 6.76. The lowest BCUT2D eigenvalue weighted by atomic mass is 9.94. The third kappa shape index (κ3) is 4.56. The molecule has 1 aliphatic heterocycles. The van der Waals surface area contributed by atoms with Gasteiger partial charge in [0.25, 0.3) is 5.91 Å². The van der Waals surface area contributed by atoms with Crippen molar-refractivity contribution in [2.45, 2.75) is 31.8 Å². The van der Waals surface area contributed by atoms with E-state index in [-0.39, 0.29) is 24.7 Å². The normalized spacial score (nSPS) is 21.6. The number of nitrogens with zero attached hydrogens (tertiary/aromatic N) is 7. The van der Waals surface area contributed by atoms with E-state index in [2.05, 4.69) is 30.3 Å². The van der Waals surface area contributed by atoms with E-state index in [1.807, 2.05) is 0 Å². The van der Waals surface area contributed by atoms with E-state index in [9.17, 15) is 14.4 Å². The number of aldehydes is 1. The van der Waals surface area contributed by atoms with Crippen LogP contribution in [0.25, 0.3) is 21.6 Å². The lowest BCUT2D eigenvalue weighted by Crippen LogP contribution is -2.32. The van der Waals surface area contributed by atoms with E-state index in [4.69, 9.17) is 15.0 Å². The Morgan fingerprint density at radius 2 is 2.09 bits per heavy atom. The first-order chi connectivity index (χ1) is 16.5. The summed E-state index contributed by atoms with van der Waals surface area (Å²) in [5.41, 5.74) is 9.76. The van der Waals surface area contributed by atoms with Crippen molar-refractivity contribution in [3.05, 3.63) is 59.0 Å². The van der Waals surface area contributed by atoms with Crippen LogP contribution in [0.3, 0.4) is 0 Å². The van der Waals surface area contributed by atoms with Crippen molar-refractivity contribution >= 4 is 35.1 Å². The fourth-order valence-electron chi connectivity index (χ4n) is 3.93. The number of esters is 1. The minimum Gasteiger partial charge on any atom is -0.457 e. The van der Waals surface area contributed by atoms with Crippen molar-refractivity contribution in [1.29, 1.82) is 0 Å². The summed E-state index contributed by atoms with van der Waals surface area (Å²) in [6.07, 6.45) is 0.972. The molecule has 0 radical (unpaired) electrons. The van der Waals surface area contributed by atoms with Crippen LogP contribution >= 0.6 is 0 Å². The summed E-state index contributed by atoms with van der Waals surface area (Å²) in [7, 11) is 0. The zero-order valence-electron chi connectivity index (χ0n) is 18.0. The van der Waals surface area contributed by atoms with E-state index in [0.717, 1.165) is 0 Å². The lowest BCUT2D eigenvalue weighted by molar-refractivity contribution is -0.154. The summed E-state index contributed by atoms with van der Waals surface area (Å²) in [5.74, 6) is -1.29. The molecule has 3 heterocycles. The number of anilines is 1. The first-order valence-corrected chi connectivity index (χ1v) is 10.3. The number of aromatic nitrogens is 4. The number of imidazole rings is 1. The van der Waals surface area contributed by atoms with Crippen LogP contribution in [-0.4, -0.2) is 56.4 Å². The number of ether oxygens (including phenoxy) is 2. The number of rotatable bonds is 8. The molecule has 0 aliphatic carbocycles. The number of hydrogen-bond acceptors (Lipinski definition) is 9. The molecule has 1 saturated heterocycles. The number of azide groups is 1. The molecule has 34 heavy (non-hydrogen) atoms. The molecule has 4 atom stereocenters. The van der Waals surface area contributed by atoms with Crippen LogP contribution < -0.4 is 5.32 Å². The second-order valence-electron chi connectivity index (χ2n) is 7.49. The third-order valence-electron chi connectivity index (χ3n) is 5.39. The largest absolute Gasteiger partial charge is 0.457 e. The second-order valence-corrected chi connectivity index (χ2v) is 7.49. The van der Waals surface area contributed by atoms with Gasteiger partial charge in [0.05, 0.1) is 19.0 Å². The molecule has 2 aromatic heterocycles. The topological polar surface area (TPSA) is 174 Å². The fourth-order valence-corrected chi connectivity index (χ4v) is 3.93. The quantitative estimate of drug-likeness (QED) is 0.174.